The Morgan fingerprint density at radius 2 is 2.06 bits per heavy atom. The van der Waals surface area contributed by atoms with Crippen molar-refractivity contribution in [3.05, 3.63) is 29.3 Å². The Morgan fingerprint density at radius 1 is 1.41 bits per heavy atom. The van der Waals surface area contributed by atoms with Crippen molar-refractivity contribution in [1.29, 1.82) is 0 Å². The molecule has 0 bridgehead atoms. The van der Waals surface area contributed by atoms with Crippen LogP contribution in [0, 0.1) is 0 Å². The monoisotopic (exact) mass is 310 g/mol. The SMILES string of the molecule is CCC(=O)c1ccc(OC(F)(F)F)c(CBr)c1. The number of alkyl halides is 4. The van der Waals surface area contributed by atoms with Gasteiger partial charge in [0.1, 0.15) is 5.75 Å². The van der Waals surface area contributed by atoms with Gasteiger partial charge in [0.15, 0.2) is 5.78 Å². The van der Waals surface area contributed by atoms with Crippen LogP contribution in [-0.4, -0.2) is 12.1 Å². The summed E-state index contributed by atoms with van der Waals surface area (Å²) >= 11 is 3.06. The average Bonchev–Trinajstić information content (AvgIpc) is 2.26. The van der Waals surface area contributed by atoms with Crippen molar-refractivity contribution in [2.75, 3.05) is 0 Å². The zero-order valence-electron chi connectivity index (χ0n) is 8.97. The molecule has 0 N–H and O–H groups in total. The van der Waals surface area contributed by atoms with Gasteiger partial charge >= 0.3 is 6.36 Å². The van der Waals surface area contributed by atoms with Crippen LogP contribution < -0.4 is 4.74 Å². The number of carbonyl (C=O) groups excluding carboxylic acids is 1. The Bertz CT molecular complexity index is 416. The van der Waals surface area contributed by atoms with E-state index in [1.165, 1.54) is 12.1 Å². The maximum atomic E-state index is 12.1. The molecule has 0 saturated heterocycles. The van der Waals surface area contributed by atoms with Gasteiger partial charge in [-0.15, -0.1) is 13.2 Å². The fraction of sp³-hybridized carbons (Fsp3) is 0.364. The van der Waals surface area contributed by atoms with Crippen molar-refractivity contribution in [2.45, 2.75) is 25.0 Å². The highest BCUT2D eigenvalue weighted by Crippen LogP contribution is 2.29. The average molecular weight is 311 g/mol. The van der Waals surface area contributed by atoms with Crippen molar-refractivity contribution < 1.29 is 22.7 Å². The first-order chi connectivity index (χ1) is 7.87. The molecule has 0 saturated carbocycles. The summed E-state index contributed by atoms with van der Waals surface area (Å²) in [4.78, 5) is 11.4. The molecule has 0 aliphatic rings. The Kier molecular flexibility index (Phi) is 4.56. The summed E-state index contributed by atoms with van der Waals surface area (Å²) in [7, 11) is 0. The highest BCUT2D eigenvalue weighted by Gasteiger charge is 2.32. The van der Waals surface area contributed by atoms with Crippen LogP contribution in [-0.2, 0) is 5.33 Å². The van der Waals surface area contributed by atoms with Crippen LogP contribution in [0.3, 0.4) is 0 Å². The third-order valence-electron chi connectivity index (χ3n) is 2.07. The third kappa shape index (κ3) is 4.03. The lowest BCUT2D eigenvalue weighted by Gasteiger charge is -2.12. The predicted octanol–water partition coefficient (Wildman–Crippen LogP) is 4.07. The smallest absolute Gasteiger partial charge is 0.405 e. The molecule has 94 valence electrons. The van der Waals surface area contributed by atoms with E-state index in [1.807, 2.05) is 0 Å². The summed E-state index contributed by atoms with van der Waals surface area (Å²) in [6, 6.07) is 3.90. The summed E-state index contributed by atoms with van der Waals surface area (Å²) in [5.74, 6) is -0.409. The molecule has 2 nitrogen and oxygen atoms in total. The molecule has 6 heteroatoms. The molecule has 0 atom stereocenters. The van der Waals surface area contributed by atoms with Crippen molar-refractivity contribution in [2.24, 2.45) is 0 Å². The first-order valence-electron chi connectivity index (χ1n) is 4.85. The second kappa shape index (κ2) is 5.53. The van der Waals surface area contributed by atoms with E-state index < -0.39 is 6.36 Å². The predicted molar refractivity (Wildman–Crippen MR) is 60.4 cm³/mol. The molecule has 0 spiro atoms. The van der Waals surface area contributed by atoms with E-state index in [0.717, 1.165) is 6.07 Å². The van der Waals surface area contributed by atoms with E-state index in [2.05, 4.69) is 20.7 Å². The maximum Gasteiger partial charge on any atom is 0.573 e. The molecule has 0 aliphatic carbocycles. The topological polar surface area (TPSA) is 26.3 Å². The Morgan fingerprint density at radius 3 is 2.53 bits per heavy atom. The fourth-order valence-electron chi connectivity index (χ4n) is 1.29. The minimum atomic E-state index is -4.73. The number of ketones is 1. The first kappa shape index (κ1) is 14.0. The van der Waals surface area contributed by atoms with Gasteiger partial charge in [-0.25, -0.2) is 0 Å². The number of hydrogen-bond donors (Lipinski definition) is 0. The van der Waals surface area contributed by atoms with E-state index in [-0.39, 0.29) is 16.9 Å². The molecule has 17 heavy (non-hydrogen) atoms. The van der Waals surface area contributed by atoms with Crippen LogP contribution >= 0.6 is 15.9 Å². The molecule has 0 amide bonds. The molecular formula is C11H10BrF3O2. The summed E-state index contributed by atoms with van der Waals surface area (Å²) in [5.41, 5.74) is 0.679. The third-order valence-corrected chi connectivity index (χ3v) is 2.68. The van der Waals surface area contributed by atoms with Gasteiger partial charge in [0, 0.05) is 22.9 Å². The van der Waals surface area contributed by atoms with Crippen LogP contribution in [0.5, 0.6) is 5.75 Å². The number of hydrogen-bond acceptors (Lipinski definition) is 2. The lowest BCUT2D eigenvalue weighted by molar-refractivity contribution is -0.274. The minimum absolute atomic E-state index is 0.120. The van der Waals surface area contributed by atoms with Gasteiger partial charge in [-0.3, -0.25) is 4.79 Å². The van der Waals surface area contributed by atoms with E-state index in [0.29, 0.717) is 17.5 Å². The number of carbonyl (C=O) groups is 1. The van der Waals surface area contributed by atoms with E-state index in [4.69, 9.17) is 0 Å². The fourth-order valence-corrected chi connectivity index (χ4v) is 1.72. The lowest BCUT2D eigenvalue weighted by atomic mass is 10.1. The van der Waals surface area contributed by atoms with Crippen LogP contribution in [0.25, 0.3) is 0 Å². The zero-order chi connectivity index (χ0) is 13.1. The van der Waals surface area contributed by atoms with Crippen LogP contribution in [0.1, 0.15) is 29.3 Å². The van der Waals surface area contributed by atoms with Crippen molar-refractivity contribution in [3.63, 3.8) is 0 Å². The first-order valence-corrected chi connectivity index (χ1v) is 5.97. The van der Waals surface area contributed by atoms with Crippen molar-refractivity contribution in [1.82, 2.24) is 0 Å². The highest BCUT2D eigenvalue weighted by atomic mass is 79.9. The zero-order valence-corrected chi connectivity index (χ0v) is 10.6. The van der Waals surface area contributed by atoms with E-state index >= 15 is 0 Å². The standard InChI is InChI=1S/C11H10BrF3O2/c1-2-9(16)7-3-4-10(8(5-7)6-12)17-11(13,14)15/h3-5H,2,6H2,1H3. The summed E-state index contributed by atoms with van der Waals surface area (Å²) in [6.45, 7) is 1.69. The Hall–Kier alpha value is -1.04. The van der Waals surface area contributed by atoms with Gasteiger partial charge in [-0.05, 0) is 18.2 Å². The van der Waals surface area contributed by atoms with Gasteiger partial charge in [0.05, 0.1) is 0 Å². The molecule has 0 unspecified atom stereocenters. The van der Waals surface area contributed by atoms with Gasteiger partial charge in [-0.1, -0.05) is 22.9 Å². The van der Waals surface area contributed by atoms with Gasteiger partial charge in [-0.2, -0.15) is 0 Å². The number of rotatable bonds is 4. The van der Waals surface area contributed by atoms with Gasteiger partial charge in [0.25, 0.3) is 0 Å². The molecule has 0 fully saturated rings. The molecule has 0 aliphatic heterocycles. The van der Waals surface area contributed by atoms with Gasteiger partial charge < -0.3 is 4.74 Å². The summed E-state index contributed by atoms with van der Waals surface area (Å²) in [6.07, 6.45) is -4.42. The number of Topliss-reactive ketones (excluding diaryl/α,β-unsaturated/α-hetero) is 1. The Balaban J connectivity index is 3.05. The van der Waals surface area contributed by atoms with Crippen LogP contribution in [0.4, 0.5) is 13.2 Å². The second-order valence-corrected chi connectivity index (χ2v) is 3.84. The van der Waals surface area contributed by atoms with Crippen molar-refractivity contribution in [3.8, 4) is 5.75 Å². The second-order valence-electron chi connectivity index (χ2n) is 3.28. The number of ether oxygens (including phenoxy) is 1. The van der Waals surface area contributed by atoms with Crippen LogP contribution in [0.2, 0.25) is 0 Å². The molecular weight excluding hydrogens is 301 g/mol. The molecule has 1 rings (SSSR count). The van der Waals surface area contributed by atoms with Gasteiger partial charge in [0.2, 0.25) is 0 Å². The minimum Gasteiger partial charge on any atom is -0.405 e. The molecule has 0 aromatic heterocycles. The van der Waals surface area contributed by atoms with Crippen molar-refractivity contribution >= 4 is 21.7 Å². The Labute approximate surface area is 105 Å². The van der Waals surface area contributed by atoms with E-state index in [9.17, 15) is 18.0 Å². The number of benzene rings is 1. The molecule has 0 heterocycles. The van der Waals surface area contributed by atoms with Crippen LogP contribution in [0.15, 0.2) is 18.2 Å². The normalized spacial score (nSPS) is 11.4. The molecule has 0 radical (unpaired) electrons. The summed E-state index contributed by atoms with van der Waals surface area (Å²) in [5, 5.41) is 0.184. The molecule has 1 aromatic carbocycles. The quantitative estimate of drug-likeness (QED) is 0.619. The van der Waals surface area contributed by atoms with E-state index in [1.54, 1.807) is 6.92 Å². The molecule has 1 aromatic rings. The number of halogens is 4. The highest BCUT2D eigenvalue weighted by molar-refractivity contribution is 9.08. The lowest BCUT2D eigenvalue weighted by Crippen LogP contribution is -2.18. The maximum absolute atomic E-state index is 12.1. The summed E-state index contributed by atoms with van der Waals surface area (Å²) < 4.78 is 40.1. The largest absolute Gasteiger partial charge is 0.573 e.